The largest absolute Gasteiger partial charge is 0.520 e. The molecule has 6 aromatic carbocycles. The van der Waals surface area contributed by atoms with Crippen molar-refractivity contribution in [3.63, 3.8) is 0 Å². The number of rotatable bonds is 8. The van der Waals surface area contributed by atoms with Crippen LogP contribution in [0.15, 0.2) is 182 Å². The molecule has 2 bridgehead atoms. The van der Waals surface area contributed by atoms with E-state index in [1.54, 1.807) is 134 Å². The minimum atomic E-state index is -4.91. The fraction of sp³-hybridized carbons (Fsp3) is 0.0270. The van der Waals surface area contributed by atoms with E-state index in [2.05, 4.69) is 0 Å². The lowest BCUT2D eigenvalue weighted by molar-refractivity contribution is 0.0753. The predicted molar refractivity (Wildman–Crippen MR) is 218 cm³/mol. The second-order valence-corrected chi connectivity index (χ2v) is 29.9. The van der Waals surface area contributed by atoms with Gasteiger partial charge in [-0.25, -0.2) is 0 Å². The van der Waals surface area contributed by atoms with E-state index in [4.69, 9.17) is 32.9 Å². The minimum Gasteiger partial charge on any atom is -0.407 e. The Kier molecular flexibility index (Phi) is 11.0. The Labute approximate surface area is 328 Å². The molecule has 5 atom stereocenters. The van der Waals surface area contributed by atoms with E-state index in [9.17, 15) is 14.4 Å². The van der Waals surface area contributed by atoms with Crippen LogP contribution >= 0.6 is 0 Å². The number of benzene rings is 6. The fourth-order valence-electron chi connectivity index (χ4n) is 6.29. The standard InChI is InChI=1S/C37H36O11Si7/c1-49-41-51(39,33-22-10-3-11-23-33)44-55(37-30-18-7-19-31-37)46-52(40,34-24-12-4-13-25-34)45-54(36-28-16-6-17-29-36,43-50(38)32-20-8-2-9-21-32)47-53(42-49,48-55)35-26-14-5-15-27-35/h2-31,38-40H,1H3. The lowest BCUT2D eigenvalue weighted by atomic mass is 10.4. The third kappa shape index (κ3) is 7.75. The molecule has 6 aromatic rings. The van der Waals surface area contributed by atoms with Crippen LogP contribution in [0.25, 0.3) is 0 Å². The van der Waals surface area contributed by atoms with Crippen LogP contribution in [-0.4, -0.2) is 77.0 Å². The van der Waals surface area contributed by atoms with E-state index >= 15 is 0 Å². The fourth-order valence-corrected chi connectivity index (χ4v) is 34.2. The van der Waals surface area contributed by atoms with Gasteiger partial charge in [0.05, 0.1) is 0 Å². The summed E-state index contributed by atoms with van der Waals surface area (Å²) in [6.45, 7) is 1.73. The van der Waals surface area contributed by atoms with Gasteiger partial charge in [0, 0.05) is 25.9 Å². The molecule has 11 nitrogen and oxygen atoms in total. The summed E-state index contributed by atoms with van der Waals surface area (Å²) in [4.78, 5) is 38.0. The zero-order chi connectivity index (χ0) is 38.0. The summed E-state index contributed by atoms with van der Waals surface area (Å²) in [5.41, 5.74) is 0. The minimum absolute atomic E-state index is 0.277. The highest BCUT2D eigenvalue weighted by molar-refractivity contribution is 7.05. The smallest absolute Gasteiger partial charge is 0.407 e. The Hall–Kier alpha value is -3.60. The molecule has 2 radical (unpaired) electrons. The van der Waals surface area contributed by atoms with Crippen molar-refractivity contribution in [2.45, 2.75) is 6.55 Å². The van der Waals surface area contributed by atoms with E-state index < -0.39 is 62.6 Å². The van der Waals surface area contributed by atoms with Gasteiger partial charge < -0.3 is 47.3 Å². The molecule has 2 aliphatic heterocycles. The average molecular weight is 853 g/mol. The Morgan fingerprint density at radius 1 is 0.436 bits per heavy atom. The van der Waals surface area contributed by atoms with Crippen LogP contribution in [0.5, 0.6) is 0 Å². The van der Waals surface area contributed by atoms with Crippen LogP contribution in [0.1, 0.15) is 0 Å². The van der Waals surface area contributed by atoms with Crippen LogP contribution in [0, 0.1) is 0 Å². The first-order chi connectivity index (χ1) is 26.7. The first kappa shape index (κ1) is 38.3. The summed E-state index contributed by atoms with van der Waals surface area (Å²) in [5.74, 6) is 0. The Bertz CT molecular complexity index is 2170. The lowest BCUT2D eigenvalue weighted by Crippen LogP contribution is -2.85. The molecule has 18 heteroatoms. The summed E-state index contributed by atoms with van der Waals surface area (Å²) < 4.78 is 56.6. The molecule has 2 fully saturated rings. The van der Waals surface area contributed by atoms with Crippen LogP contribution in [0.4, 0.5) is 0 Å². The highest BCUT2D eigenvalue weighted by atomic mass is 28.6. The van der Waals surface area contributed by atoms with E-state index in [0.29, 0.717) is 25.9 Å². The van der Waals surface area contributed by atoms with Crippen molar-refractivity contribution in [3.8, 4) is 0 Å². The molecular formula is C37H36O11Si7. The molecule has 0 saturated carbocycles. The number of fused-ring (bicyclic) bond motifs is 2. The molecule has 2 saturated heterocycles. The molecule has 0 aliphatic carbocycles. The van der Waals surface area contributed by atoms with Gasteiger partial charge in [-0.3, -0.25) is 0 Å². The summed E-state index contributed by atoms with van der Waals surface area (Å²) in [6.07, 6.45) is 0. The van der Waals surface area contributed by atoms with Gasteiger partial charge in [-0.05, 0) is 11.7 Å². The van der Waals surface area contributed by atoms with Crippen molar-refractivity contribution in [1.29, 1.82) is 0 Å². The normalized spacial score (nSPS) is 28.7. The van der Waals surface area contributed by atoms with Crippen molar-refractivity contribution in [2.24, 2.45) is 0 Å². The van der Waals surface area contributed by atoms with Crippen LogP contribution in [0.2, 0.25) is 6.55 Å². The monoisotopic (exact) mass is 852 g/mol. The average Bonchev–Trinajstić information content (AvgIpc) is 3.21. The van der Waals surface area contributed by atoms with Crippen LogP contribution < -0.4 is 31.1 Å². The Morgan fingerprint density at radius 2 is 0.836 bits per heavy atom. The Balaban J connectivity index is 1.44. The molecule has 5 unspecified atom stereocenters. The molecule has 278 valence electrons. The van der Waals surface area contributed by atoms with Gasteiger partial charge in [-0.1, -0.05) is 182 Å². The zero-order valence-corrected chi connectivity index (χ0v) is 36.4. The van der Waals surface area contributed by atoms with Crippen LogP contribution in [-0.2, 0) is 32.9 Å². The Morgan fingerprint density at radius 3 is 1.35 bits per heavy atom. The van der Waals surface area contributed by atoms with Crippen molar-refractivity contribution in [2.75, 3.05) is 0 Å². The molecule has 2 heterocycles. The third-order valence-electron chi connectivity index (χ3n) is 8.83. The van der Waals surface area contributed by atoms with Gasteiger partial charge in [0.2, 0.25) is 0 Å². The van der Waals surface area contributed by atoms with Gasteiger partial charge in [0.1, 0.15) is 0 Å². The molecule has 0 spiro atoms. The van der Waals surface area contributed by atoms with Crippen molar-refractivity contribution in [3.05, 3.63) is 182 Å². The number of hydrogen-bond acceptors (Lipinski definition) is 11. The summed E-state index contributed by atoms with van der Waals surface area (Å²) in [5, 5.41) is 2.48. The summed E-state index contributed by atoms with van der Waals surface area (Å²) in [6, 6.07) is 53.3. The highest BCUT2D eigenvalue weighted by Gasteiger charge is 2.73. The highest BCUT2D eigenvalue weighted by Crippen LogP contribution is 2.36. The summed E-state index contributed by atoms with van der Waals surface area (Å²) >= 11 is 0. The maximum absolute atomic E-state index is 13.3. The van der Waals surface area contributed by atoms with Crippen molar-refractivity contribution >= 4 is 93.7 Å². The molecular weight excluding hydrogens is 817 g/mol. The molecule has 55 heavy (non-hydrogen) atoms. The van der Waals surface area contributed by atoms with E-state index in [1.165, 1.54) is 0 Å². The van der Waals surface area contributed by atoms with E-state index in [1.807, 2.05) is 54.6 Å². The quantitative estimate of drug-likeness (QED) is 0.189. The molecule has 3 N–H and O–H groups in total. The van der Waals surface area contributed by atoms with Gasteiger partial charge >= 0.3 is 62.6 Å². The molecule has 0 aromatic heterocycles. The summed E-state index contributed by atoms with van der Waals surface area (Å²) in [7, 11) is -28.8. The molecule has 8 rings (SSSR count). The first-order valence-electron chi connectivity index (χ1n) is 17.4. The second-order valence-electron chi connectivity index (χ2n) is 12.6. The second kappa shape index (κ2) is 15.7. The maximum atomic E-state index is 13.3. The first-order valence-corrected chi connectivity index (χ1v) is 29.3. The van der Waals surface area contributed by atoms with Gasteiger partial charge in [-0.15, -0.1) is 0 Å². The van der Waals surface area contributed by atoms with Gasteiger partial charge in [0.15, 0.2) is 0 Å². The van der Waals surface area contributed by atoms with Crippen molar-refractivity contribution < 1.29 is 47.3 Å². The topological polar surface area (TPSA) is 135 Å². The van der Waals surface area contributed by atoms with E-state index in [0.717, 1.165) is 0 Å². The third-order valence-corrected chi connectivity index (χ3v) is 32.1. The van der Waals surface area contributed by atoms with Crippen molar-refractivity contribution in [1.82, 2.24) is 0 Å². The van der Waals surface area contributed by atoms with E-state index in [-0.39, 0.29) is 5.19 Å². The van der Waals surface area contributed by atoms with Gasteiger partial charge in [0.25, 0.3) is 0 Å². The zero-order valence-electron chi connectivity index (χ0n) is 29.4. The van der Waals surface area contributed by atoms with Gasteiger partial charge in [-0.2, -0.15) is 0 Å². The number of hydrogen-bond donors (Lipinski definition) is 3. The molecule has 2 aliphatic rings. The predicted octanol–water partition coefficient (Wildman–Crippen LogP) is 0.867. The lowest BCUT2D eigenvalue weighted by Gasteiger charge is -2.51. The van der Waals surface area contributed by atoms with Crippen LogP contribution in [0.3, 0.4) is 0 Å². The SMILES string of the molecule is C[Si]1O[Si](O)(c2ccccc2)O[Si]2(c3ccccc3)O[Si](O)(c3ccccc3)O[Si](O[Si](O)c3ccccc3)(c3ccccc3)O[Si](c3ccccc3)(O1)O2. The molecule has 0 amide bonds. The maximum Gasteiger partial charge on any atom is 0.520 e.